The minimum absolute atomic E-state index is 0.0752. The summed E-state index contributed by atoms with van der Waals surface area (Å²) in [5, 5.41) is 17.2. The number of halogens is 1. The van der Waals surface area contributed by atoms with Gasteiger partial charge in [-0.15, -0.1) is 0 Å². The maximum atomic E-state index is 13.1. The molecular formula is C8H8FN3O2S. The lowest BCUT2D eigenvalue weighted by molar-refractivity contribution is -0.387. The van der Waals surface area contributed by atoms with Crippen molar-refractivity contribution in [3.63, 3.8) is 0 Å². The monoisotopic (exact) mass is 229 g/mol. The van der Waals surface area contributed by atoms with Gasteiger partial charge < -0.3 is 5.73 Å². The lowest BCUT2D eigenvalue weighted by Gasteiger charge is -2.00. The molecule has 7 heteroatoms. The zero-order valence-corrected chi connectivity index (χ0v) is 8.38. The highest BCUT2D eigenvalue weighted by molar-refractivity contribution is 8.13. The highest BCUT2D eigenvalue weighted by Gasteiger charge is 2.13. The summed E-state index contributed by atoms with van der Waals surface area (Å²) in [7, 11) is 0. The van der Waals surface area contributed by atoms with Gasteiger partial charge in [-0.05, 0) is 11.6 Å². The van der Waals surface area contributed by atoms with Crippen molar-refractivity contribution in [2.24, 2.45) is 5.73 Å². The van der Waals surface area contributed by atoms with Gasteiger partial charge in [-0.25, -0.2) is 0 Å². The van der Waals surface area contributed by atoms with E-state index in [-0.39, 0.29) is 5.17 Å². The standard InChI is InChI=1S/C8H8FN3O2S/c9-6-3-5(4-15-8(10)11)1-2-7(6)12(13)14/h1-3H,4H2,(H3,10,11). The molecule has 3 N–H and O–H groups in total. The van der Waals surface area contributed by atoms with E-state index in [0.717, 1.165) is 23.9 Å². The zero-order valence-electron chi connectivity index (χ0n) is 7.57. The van der Waals surface area contributed by atoms with Crippen LogP contribution >= 0.6 is 11.8 Å². The van der Waals surface area contributed by atoms with Gasteiger partial charge in [0.05, 0.1) is 4.92 Å². The first-order valence-corrected chi connectivity index (χ1v) is 4.89. The minimum atomic E-state index is -0.873. The van der Waals surface area contributed by atoms with Crippen LogP contribution in [-0.2, 0) is 5.75 Å². The van der Waals surface area contributed by atoms with Crippen molar-refractivity contribution in [1.82, 2.24) is 0 Å². The number of rotatable bonds is 3. The fourth-order valence-electron chi connectivity index (χ4n) is 0.949. The maximum Gasteiger partial charge on any atom is 0.304 e. The first kappa shape index (κ1) is 11.4. The zero-order chi connectivity index (χ0) is 11.4. The number of hydrogen-bond donors (Lipinski definition) is 2. The third-order valence-corrected chi connectivity index (χ3v) is 2.39. The molecule has 80 valence electrons. The van der Waals surface area contributed by atoms with E-state index in [0.29, 0.717) is 11.3 Å². The molecular weight excluding hydrogens is 221 g/mol. The van der Waals surface area contributed by atoms with Gasteiger partial charge in [-0.3, -0.25) is 15.5 Å². The van der Waals surface area contributed by atoms with Crippen molar-refractivity contribution in [1.29, 1.82) is 5.41 Å². The Bertz CT molecular complexity index is 411. The SMILES string of the molecule is N=C(N)SCc1ccc([N+](=O)[O-])c(F)c1. The number of nitrogens with one attached hydrogen (secondary N) is 1. The summed E-state index contributed by atoms with van der Waals surface area (Å²) >= 11 is 1.03. The van der Waals surface area contributed by atoms with Crippen LogP contribution < -0.4 is 5.73 Å². The summed E-state index contributed by atoms with van der Waals surface area (Å²) < 4.78 is 13.1. The van der Waals surface area contributed by atoms with E-state index in [2.05, 4.69) is 0 Å². The van der Waals surface area contributed by atoms with Gasteiger partial charge >= 0.3 is 5.69 Å². The molecule has 0 saturated heterocycles. The number of benzene rings is 1. The van der Waals surface area contributed by atoms with E-state index in [1.807, 2.05) is 0 Å². The summed E-state index contributed by atoms with van der Waals surface area (Å²) in [6.07, 6.45) is 0. The predicted octanol–water partition coefficient (Wildman–Crippen LogP) is 1.86. The second kappa shape index (κ2) is 4.74. The lowest BCUT2D eigenvalue weighted by atomic mass is 10.2. The third kappa shape index (κ3) is 3.21. The molecule has 0 heterocycles. The molecule has 0 unspecified atom stereocenters. The topological polar surface area (TPSA) is 93.0 Å². The average Bonchev–Trinajstić information content (AvgIpc) is 2.14. The molecule has 15 heavy (non-hydrogen) atoms. The Kier molecular flexibility index (Phi) is 3.62. The summed E-state index contributed by atoms with van der Waals surface area (Å²) in [5.41, 5.74) is 5.11. The molecule has 5 nitrogen and oxygen atoms in total. The fraction of sp³-hybridized carbons (Fsp3) is 0.125. The minimum Gasteiger partial charge on any atom is -0.379 e. The van der Waals surface area contributed by atoms with Crippen molar-refractivity contribution in [2.75, 3.05) is 0 Å². The Morgan fingerprint density at radius 1 is 1.67 bits per heavy atom. The third-order valence-electron chi connectivity index (χ3n) is 1.60. The smallest absolute Gasteiger partial charge is 0.304 e. The van der Waals surface area contributed by atoms with Crippen molar-refractivity contribution in [3.05, 3.63) is 39.7 Å². The molecule has 0 amide bonds. The first-order chi connectivity index (χ1) is 7.00. The summed E-state index contributed by atoms with van der Waals surface area (Å²) in [6, 6.07) is 3.62. The first-order valence-electron chi connectivity index (χ1n) is 3.90. The molecule has 0 aliphatic heterocycles. The van der Waals surface area contributed by atoms with Crippen molar-refractivity contribution >= 4 is 22.6 Å². The van der Waals surface area contributed by atoms with Gasteiger partial charge in [-0.1, -0.05) is 17.8 Å². The van der Waals surface area contributed by atoms with Crippen LogP contribution in [0.2, 0.25) is 0 Å². The highest BCUT2D eigenvalue weighted by atomic mass is 32.2. The van der Waals surface area contributed by atoms with Gasteiger partial charge in [0, 0.05) is 11.8 Å². The molecule has 0 radical (unpaired) electrons. The molecule has 0 aliphatic carbocycles. The van der Waals surface area contributed by atoms with E-state index in [9.17, 15) is 14.5 Å². The van der Waals surface area contributed by atoms with Crippen LogP contribution in [0.15, 0.2) is 18.2 Å². The number of thioether (sulfide) groups is 1. The van der Waals surface area contributed by atoms with Crippen molar-refractivity contribution in [3.8, 4) is 0 Å². The Hall–Kier alpha value is -1.63. The molecule has 0 spiro atoms. The molecule has 1 rings (SSSR count). The number of hydrogen-bond acceptors (Lipinski definition) is 4. The Balaban J connectivity index is 2.82. The van der Waals surface area contributed by atoms with Crippen LogP contribution in [0.25, 0.3) is 0 Å². The van der Waals surface area contributed by atoms with E-state index in [4.69, 9.17) is 11.1 Å². The van der Waals surface area contributed by atoms with E-state index >= 15 is 0 Å². The normalized spacial score (nSPS) is 9.93. The summed E-state index contributed by atoms with van der Waals surface area (Å²) in [5.74, 6) is -0.550. The lowest BCUT2D eigenvalue weighted by Crippen LogP contribution is -2.04. The van der Waals surface area contributed by atoms with Gasteiger partial charge in [0.15, 0.2) is 5.17 Å². The molecule has 0 fully saturated rings. The number of amidine groups is 1. The van der Waals surface area contributed by atoms with Crippen LogP contribution in [0.5, 0.6) is 0 Å². The fourth-order valence-corrected chi connectivity index (χ4v) is 1.45. The van der Waals surface area contributed by atoms with Crippen molar-refractivity contribution < 1.29 is 9.31 Å². The van der Waals surface area contributed by atoms with Gasteiger partial charge in [0.25, 0.3) is 0 Å². The van der Waals surface area contributed by atoms with Crippen LogP contribution in [0, 0.1) is 21.3 Å². The van der Waals surface area contributed by atoms with Crippen LogP contribution in [0.3, 0.4) is 0 Å². The van der Waals surface area contributed by atoms with Crippen molar-refractivity contribution in [2.45, 2.75) is 5.75 Å². The van der Waals surface area contributed by atoms with Crippen LogP contribution in [-0.4, -0.2) is 10.1 Å². The quantitative estimate of drug-likeness (QED) is 0.358. The van der Waals surface area contributed by atoms with Gasteiger partial charge in [0.1, 0.15) is 0 Å². The molecule has 0 bridgehead atoms. The average molecular weight is 229 g/mol. The highest BCUT2D eigenvalue weighted by Crippen LogP contribution is 2.20. The number of nitrogens with two attached hydrogens (primary N) is 1. The summed E-state index contributed by atoms with van der Waals surface area (Å²) in [4.78, 5) is 9.52. The molecule has 1 aromatic rings. The van der Waals surface area contributed by atoms with E-state index < -0.39 is 16.4 Å². The Morgan fingerprint density at radius 2 is 2.33 bits per heavy atom. The maximum absolute atomic E-state index is 13.1. The number of nitro groups is 1. The van der Waals surface area contributed by atoms with E-state index in [1.165, 1.54) is 6.07 Å². The predicted molar refractivity (Wildman–Crippen MR) is 56.3 cm³/mol. The van der Waals surface area contributed by atoms with Gasteiger partial charge in [0.2, 0.25) is 5.82 Å². The summed E-state index contributed by atoms with van der Waals surface area (Å²) in [6.45, 7) is 0. The Morgan fingerprint density at radius 3 is 2.80 bits per heavy atom. The molecule has 0 aromatic heterocycles. The van der Waals surface area contributed by atoms with Gasteiger partial charge in [-0.2, -0.15) is 4.39 Å². The molecule has 0 aliphatic rings. The number of nitro benzene ring substituents is 1. The van der Waals surface area contributed by atoms with Crippen LogP contribution in [0.4, 0.5) is 10.1 Å². The molecule has 1 aromatic carbocycles. The second-order valence-electron chi connectivity index (χ2n) is 2.70. The largest absolute Gasteiger partial charge is 0.379 e. The van der Waals surface area contributed by atoms with Crippen LogP contribution in [0.1, 0.15) is 5.56 Å². The second-order valence-corrected chi connectivity index (χ2v) is 3.71. The van der Waals surface area contributed by atoms with E-state index in [1.54, 1.807) is 0 Å². The molecule has 0 saturated carbocycles. The molecule has 0 atom stereocenters. The number of nitrogens with zero attached hydrogens (tertiary/aromatic N) is 1. The Labute approximate surface area is 89.1 Å².